The second-order valence-electron chi connectivity index (χ2n) is 3.62. The molecule has 0 bridgehead atoms. The van der Waals surface area contributed by atoms with E-state index in [-0.39, 0.29) is 5.69 Å². The molecular weight excluding hydrogens is 300 g/mol. The lowest BCUT2D eigenvalue weighted by atomic mass is 10.2. The minimum atomic E-state index is -0.431. The van der Waals surface area contributed by atoms with Gasteiger partial charge in [0.25, 0.3) is 5.69 Å². The molecule has 0 saturated heterocycles. The Morgan fingerprint density at radius 3 is 2.72 bits per heavy atom. The summed E-state index contributed by atoms with van der Waals surface area (Å²) in [5.41, 5.74) is 0.757. The Balaban J connectivity index is 2.27. The lowest BCUT2D eigenvalue weighted by molar-refractivity contribution is -0.384. The van der Waals surface area contributed by atoms with Crippen LogP contribution in [0.15, 0.2) is 41.1 Å². The third-order valence-corrected chi connectivity index (χ3v) is 2.73. The summed E-state index contributed by atoms with van der Waals surface area (Å²) >= 11 is 3.24. The highest BCUT2D eigenvalue weighted by atomic mass is 79.9. The summed E-state index contributed by atoms with van der Waals surface area (Å²) in [4.78, 5) is 14.2. The van der Waals surface area contributed by atoms with Gasteiger partial charge in [0.1, 0.15) is 16.1 Å². The zero-order chi connectivity index (χ0) is 13.1. The fourth-order valence-corrected chi connectivity index (χ4v) is 1.78. The predicted molar refractivity (Wildman–Crippen MR) is 69.8 cm³/mol. The highest BCUT2D eigenvalue weighted by molar-refractivity contribution is 9.10. The molecule has 0 unspecified atom stereocenters. The van der Waals surface area contributed by atoms with Gasteiger partial charge < -0.3 is 4.74 Å². The van der Waals surface area contributed by atoms with Gasteiger partial charge in [0.05, 0.1) is 4.92 Å². The number of hydrogen-bond donors (Lipinski definition) is 0. The van der Waals surface area contributed by atoms with E-state index in [1.165, 1.54) is 12.1 Å². The van der Waals surface area contributed by atoms with Crippen molar-refractivity contribution in [2.24, 2.45) is 0 Å². The molecule has 0 aliphatic heterocycles. The summed E-state index contributed by atoms with van der Waals surface area (Å²) in [5.74, 6) is 1.20. The van der Waals surface area contributed by atoms with Crippen molar-refractivity contribution in [2.75, 3.05) is 0 Å². The highest BCUT2D eigenvalue weighted by Crippen LogP contribution is 2.28. The zero-order valence-electron chi connectivity index (χ0n) is 9.46. The number of non-ortho nitro benzene ring substituents is 1. The molecule has 0 atom stereocenters. The average Bonchev–Trinajstić information content (AvgIpc) is 2.31. The summed E-state index contributed by atoms with van der Waals surface area (Å²) < 4.78 is 6.30. The fraction of sp³-hybridized carbons (Fsp3) is 0.0833. The van der Waals surface area contributed by atoms with E-state index in [9.17, 15) is 10.1 Å². The van der Waals surface area contributed by atoms with E-state index in [1.807, 2.05) is 0 Å². The normalized spacial score (nSPS) is 10.1. The zero-order valence-corrected chi connectivity index (χ0v) is 11.0. The van der Waals surface area contributed by atoms with Crippen LogP contribution in [-0.4, -0.2) is 9.91 Å². The number of ether oxygens (including phenoxy) is 1. The van der Waals surface area contributed by atoms with Crippen molar-refractivity contribution in [1.82, 2.24) is 4.98 Å². The van der Waals surface area contributed by atoms with Gasteiger partial charge >= 0.3 is 0 Å². The van der Waals surface area contributed by atoms with E-state index in [2.05, 4.69) is 20.9 Å². The molecule has 1 aromatic carbocycles. The molecule has 18 heavy (non-hydrogen) atoms. The van der Waals surface area contributed by atoms with Crippen LogP contribution in [0.3, 0.4) is 0 Å². The monoisotopic (exact) mass is 308 g/mol. The Morgan fingerprint density at radius 2 is 2.11 bits per heavy atom. The number of benzene rings is 1. The minimum absolute atomic E-state index is 0.0516. The first-order valence-corrected chi connectivity index (χ1v) is 5.90. The van der Waals surface area contributed by atoms with E-state index in [1.54, 1.807) is 31.3 Å². The number of aromatic nitrogens is 1. The molecule has 0 aliphatic carbocycles. The first-order chi connectivity index (χ1) is 8.56. The number of nitro groups is 1. The van der Waals surface area contributed by atoms with Crippen LogP contribution >= 0.6 is 15.9 Å². The van der Waals surface area contributed by atoms with Crippen LogP contribution in [0.1, 0.15) is 5.56 Å². The van der Waals surface area contributed by atoms with Gasteiger partial charge in [0, 0.05) is 24.4 Å². The standard InChI is InChI=1S/C12H9BrN2O3/c1-8-6-9(15(16)17)2-3-11(8)18-10-4-5-14-12(13)7-10/h2-7H,1H3. The van der Waals surface area contributed by atoms with Crippen LogP contribution in [0, 0.1) is 17.0 Å². The third-order valence-electron chi connectivity index (χ3n) is 2.30. The van der Waals surface area contributed by atoms with E-state index >= 15 is 0 Å². The summed E-state index contributed by atoms with van der Waals surface area (Å²) in [5, 5.41) is 10.6. The topological polar surface area (TPSA) is 65.3 Å². The Labute approximate surface area is 112 Å². The van der Waals surface area contributed by atoms with Crippen molar-refractivity contribution in [3.63, 3.8) is 0 Å². The summed E-state index contributed by atoms with van der Waals surface area (Å²) in [7, 11) is 0. The molecular formula is C12H9BrN2O3. The van der Waals surface area contributed by atoms with Gasteiger partial charge in [0.15, 0.2) is 0 Å². The van der Waals surface area contributed by atoms with E-state index in [0.29, 0.717) is 21.7 Å². The Morgan fingerprint density at radius 1 is 1.33 bits per heavy atom. The molecule has 1 aromatic heterocycles. The number of rotatable bonds is 3. The molecule has 0 spiro atoms. The number of halogens is 1. The second-order valence-corrected chi connectivity index (χ2v) is 4.44. The minimum Gasteiger partial charge on any atom is -0.457 e. The molecule has 2 aromatic rings. The molecule has 0 radical (unpaired) electrons. The number of aryl methyl sites for hydroxylation is 1. The van der Waals surface area contributed by atoms with Crippen LogP contribution in [0.25, 0.3) is 0 Å². The van der Waals surface area contributed by atoms with Crippen molar-refractivity contribution in [3.05, 3.63) is 56.8 Å². The van der Waals surface area contributed by atoms with Gasteiger partial charge in [-0.3, -0.25) is 10.1 Å². The average molecular weight is 309 g/mol. The SMILES string of the molecule is Cc1cc([N+](=O)[O-])ccc1Oc1ccnc(Br)c1. The summed E-state index contributed by atoms with van der Waals surface area (Å²) in [6.07, 6.45) is 1.61. The molecule has 2 rings (SSSR count). The molecule has 0 fully saturated rings. The van der Waals surface area contributed by atoms with Crippen molar-refractivity contribution >= 4 is 21.6 Å². The molecule has 5 nitrogen and oxygen atoms in total. The van der Waals surface area contributed by atoms with Gasteiger partial charge in [-0.15, -0.1) is 0 Å². The first kappa shape index (κ1) is 12.5. The largest absolute Gasteiger partial charge is 0.457 e. The van der Waals surface area contributed by atoms with E-state index in [4.69, 9.17) is 4.74 Å². The van der Waals surface area contributed by atoms with Crippen LogP contribution in [0.2, 0.25) is 0 Å². The van der Waals surface area contributed by atoms with E-state index in [0.717, 1.165) is 0 Å². The third kappa shape index (κ3) is 2.84. The molecule has 6 heteroatoms. The summed E-state index contributed by atoms with van der Waals surface area (Å²) in [6.45, 7) is 1.76. The lowest BCUT2D eigenvalue weighted by Crippen LogP contribution is -1.92. The molecule has 0 amide bonds. The lowest BCUT2D eigenvalue weighted by Gasteiger charge is -2.08. The van der Waals surface area contributed by atoms with Gasteiger partial charge in [-0.05, 0) is 40.5 Å². The molecule has 0 N–H and O–H groups in total. The number of nitrogens with zero attached hydrogens (tertiary/aromatic N) is 2. The maximum Gasteiger partial charge on any atom is 0.269 e. The number of hydrogen-bond acceptors (Lipinski definition) is 4. The number of pyridine rings is 1. The molecule has 0 aliphatic rings. The Kier molecular flexibility index (Phi) is 3.57. The predicted octanol–water partition coefficient (Wildman–Crippen LogP) is 3.85. The first-order valence-electron chi connectivity index (χ1n) is 5.11. The summed E-state index contributed by atoms with van der Waals surface area (Å²) in [6, 6.07) is 7.92. The van der Waals surface area contributed by atoms with Crippen molar-refractivity contribution < 1.29 is 9.66 Å². The Hall–Kier alpha value is -1.95. The van der Waals surface area contributed by atoms with Gasteiger partial charge in [-0.2, -0.15) is 0 Å². The van der Waals surface area contributed by atoms with Crippen LogP contribution in [0.5, 0.6) is 11.5 Å². The van der Waals surface area contributed by atoms with Crippen LogP contribution in [0.4, 0.5) is 5.69 Å². The quantitative estimate of drug-likeness (QED) is 0.490. The smallest absolute Gasteiger partial charge is 0.269 e. The maximum atomic E-state index is 10.6. The molecule has 1 heterocycles. The van der Waals surface area contributed by atoms with Gasteiger partial charge in [-0.1, -0.05) is 0 Å². The van der Waals surface area contributed by atoms with Gasteiger partial charge in [0.2, 0.25) is 0 Å². The van der Waals surface area contributed by atoms with Crippen molar-refractivity contribution in [2.45, 2.75) is 6.92 Å². The molecule has 92 valence electrons. The second kappa shape index (κ2) is 5.14. The van der Waals surface area contributed by atoms with E-state index < -0.39 is 4.92 Å². The van der Waals surface area contributed by atoms with Crippen LogP contribution < -0.4 is 4.74 Å². The van der Waals surface area contributed by atoms with Crippen LogP contribution in [-0.2, 0) is 0 Å². The highest BCUT2D eigenvalue weighted by Gasteiger charge is 2.09. The number of nitro benzene ring substituents is 1. The maximum absolute atomic E-state index is 10.6. The van der Waals surface area contributed by atoms with Crippen molar-refractivity contribution in [1.29, 1.82) is 0 Å². The van der Waals surface area contributed by atoms with Gasteiger partial charge in [-0.25, -0.2) is 4.98 Å². The fourth-order valence-electron chi connectivity index (χ4n) is 1.44. The Bertz CT molecular complexity index is 602. The molecule has 0 saturated carbocycles. The van der Waals surface area contributed by atoms with Crippen molar-refractivity contribution in [3.8, 4) is 11.5 Å².